The second-order valence-electron chi connectivity index (χ2n) is 26.3. The van der Waals surface area contributed by atoms with Crippen molar-refractivity contribution < 1.29 is 28.6 Å². The van der Waals surface area contributed by atoms with Crippen LogP contribution in [0.3, 0.4) is 0 Å². The highest BCUT2D eigenvalue weighted by atomic mass is 16.6. The Hall–Kier alpha value is -1.59. The van der Waals surface area contributed by atoms with Gasteiger partial charge in [0.25, 0.3) is 0 Å². The van der Waals surface area contributed by atoms with E-state index in [-0.39, 0.29) is 31.1 Å². The SMILES string of the molecule is CCCCCCCCCCCCCCCCCCCCCCCCCCCCCCCCCCCC(=O)OCC(COC(=O)CCCCCCCCCCCC)OC(=O)CCCCCCCCCCCCCCCCCCCCCCC. The zero-order valence-electron chi connectivity index (χ0n) is 56.3. The molecule has 0 heterocycles. The van der Waals surface area contributed by atoms with E-state index >= 15 is 0 Å². The van der Waals surface area contributed by atoms with Crippen molar-refractivity contribution in [2.24, 2.45) is 0 Å². The molecule has 0 N–H and O–H groups in total. The van der Waals surface area contributed by atoms with E-state index in [0.717, 1.165) is 57.8 Å². The van der Waals surface area contributed by atoms with Crippen molar-refractivity contribution in [1.29, 1.82) is 0 Å². The maximum absolute atomic E-state index is 12.9. The van der Waals surface area contributed by atoms with Gasteiger partial charge in [-0.1, -0.05) is 412 Å². The van der Waals surface area contributed by atoms with Crippen LogP contribution >= 0.6 is 0 Å². The predicted molar refractivity (Wildman–Crippen MR) is 358 cm³/mol. The molecule has 1 unspecified atom stereocenters. The summed E-state index contributed by atoms with van der Waals surface area (Å²) in [5, 5.41) is 0. The lowest BCUT2D eigenvalue weighted by Gasteiger charge is -2.18. The minimum Gasteiger partial charge on any atom is -0.462 e. The van der Waals surface area contributed by atoms with Gasteiger partial charge in [0.05, 0.1) is 0 Å². The molecule has 0 bridgehead atoms. The number of rotatable bonds is 72. The van der Waals surface area contributed by atoms with E-state index in [2.05, 4.69) is 20.8 Å². The fraction of sp³-hybridized carbons (Fsp3) is 0.961. The molecule has 0 aliphatic carbocycles. The summed E-state index contributed by atoms with van der Waals surface area (Å²) in [5.41, 5.74) is 0. The van der Waals surface area contributed by atoms with Gasteiger partial charge >= 0.3 is 17.9 Å². The molecule has 82 heavy (non-hydrogen) atoms. The van der Waals surface area contributed by atoms with Gasteiger partial charge in [-0.2, -0.15) is 0 Å². The Balaban J connectivity index is 4.01. The summed E-state index contributed by atoms with van der Waals surface area (Å²) in [6.07, 6.45) is 86.1. The Morgan fingerprint density at radius 2 is 0.329 bits per heavy atom. The molecule has 0 saturated heterocycles. The van der Waals surface area contributed by atoms with Crippen LogP contribution in [-0.2, 0) is 28.6 Å². The van der Waals surface area contributed by atoms with Crippen molar-refractivity contribution in [3.05, 3.63) is 0 Å². The van der Waals surface area contributed by atoms with Crippen LogP contribution in [0, 0.1) is 0 Å². The summed E-state index contributed by atoms with van der Waals surface area (Å²) >= 11 is 0. The van der Waals surface area contributed by atoms with Gasteiger partial charge in [0.1, 0.15) is 13.2 Å². The summed E-state index contributed by atoms with van der Waals surface area (Å²) in [6, 6.07) is 0. The highest BCUT2D eigenvalue weighted by Gasteiger charge is 2.20. The molecule has 1 atom stereocenters. The quantitative estimate of drug-likeness (QED) is 0.0343. The number of hydrogen-bond acceptors (Lipinski definition) is 6. The Morgan fingerprint density at radius 3 is 0.488 bits per heavy atom. The average molecular weight is 1160 g/mol. The largest absolute Gasteiger partial charge is 0.462 e. The molecule has 0 spiro atoms. The normalized spacial score (nSPS) is 11.9. The van der Waals surface area contributed by atoms with E-state index in [1.807, 2.05) is 0 Å². The van der Waals surface area contributed by atoms with Gasteiger partial charge in [0.2, 0.25) is 0 Å². The maximum atomic E-state index is 12.9. The third-order valence-electron chi connectivity index (χ3n) is 17.9. The van der Waals surface area contributed by atoms with E-state index in [1.165, 1.54) is 353 Å². The van der Waals surface area contributed by atoms with Crippen LogP contribution in [-0.4, -0.2) is 37.2 Å². The molecule has 0 amide bonds. The molecule has 0 fully saturated rings. The van der Waals surface area contributed by atoms with Crippen molar-refractivity contribution in [2.75, 3.05) is 13.2 Å². The molecule has 0 aromatic heterocycles. The van der Waals surface area contributed by atoms with E-state index in [1.54, 1.807) is 0 Å². The summed E-state index contributed by atoms with van der Waals surface area (Å²) < 4.78 is 17.0. The van der Waals surface area contributed by atoms with E-state index in [9.17, 15) is 14.4 Å². The Kier molecular flexibility index (Phi) is 70.5. The number of carbonyl (C=O) groups is 3. The summed E-state index contributed by atoms with van der Waals surface area (Å²) in [4.78, 5) is 38.4. The first kappa shape index (κ1) is 80.4. The highest BCUT2D eigenvalue weighted by Crippen LogP contribution is 2.20. The molecule has 488 valence electrons. The zero-order chi connectivity index (χ0) is 59.2. The van der Waals surface area contributed by atoms with Crippen LogP contribution in [0.4, 0.5) is 0 Å². The van der Waals surface area contributed by atoms with Crippen LogP contribution in [0.2, 0.25) is 0 Å². The lowest BCUT2D eigenvalue weighted by molar-refractivity contribution is -0.167. The fourth-order valence-corrected chi connectivity index (χ4v) is 12.2. The minimum absolute atomic E-state index is 0.0604. The van der Waals surface area contributed by atoms with Crippen molar-refractivity contribution in [1.82, 2.24) is 0 Å². The van der Waals surface area contributed by atoms with Crippen LogP contribution in [0.15, 0.2) is 0 Å². The molecule has 0 saturated carbocycles. The summed E-state index contributed by atoms with van der Waals surface area (Å²) in [5.74, 6) is -0.823. The molecule has 6 nitrogen and oxygen atoms in total. The van der Waals surface area contributed by atoms with Crippen LogP contribution < -0.4 is 0 Å². The van der Waals surface area contributed by atoms with Crippen molar-refractivity contribution in [3.8, 4) is 0 Å². The first-order valence-corrected chi connectivity index (χ1v) is 38.0. The molecular formula is C76H148O6. The molecule has 0 aliphatic heterocycles. The summed E-state index contributed by atoms with van der Waals surface area (Å²) in [6.45, 7) is 6.73. The van der Waals surface area contributed by atoms with Gasteiger partial charge < -0.3 is 14.2 Å². The Bertz CT molecular complexity index is 1240. The van der Waals surface area contributed by atoms with E-state index in [4.69, 9.17) is 14.2 Å². The molecule has 0 aromatic carbocycles. The molecule has 0 aliphatic rings. The van der Waals surface area contributed by atoms with E-state index in [0.29, 0.717) is 19.3 Å². The fourth-order valence-electron chi connectivity index (χ4n) is 12.2. The van der Waals surface area contributed by atoms with Gasteiger partial charge in [-0.15, -0.1) is 0 Å². The average Bonchev–Trinajstić information content (AvgIpc) is 3.48. The zero-order valence-corrected chi connectivity index (χ0v) is 56.3. The number of unbranched alkanes of at least 4 members (excludes halogenated alkanes) is 61. The van der Waals surface area contributed by atoms with Crippen LogP contribution in [0.25, 0.3) is 0 Å². The lowest BCUT2D eigenvalue weighted by atomic mass is 10.0. The Morgan fingerprint density at radius 1 is 0.195 bits per heavy atom. The molecule has 0 radical (unpaired) electrons. The third kappa shape index (κ3) is 69.2. The number of carbonyl (C=O) groups excluding carboxylic acids is 3. The van der Waals surface area contributed by atoms with Gasteiger partial charge in [0, 0.05) is 19.3 Å². The Labute approximate surface area is 514 Å². The third-order valence-corrected chi connectivity index (χ3v) is 17.9. The predicted octanol–water partition coefficient (Wildman–Crippen LogP) is 26.2. The second-order valence-corrected chi connectivity index (χ2v) is 26.3. The first-order chi connectivity index (χ1) is 40.5. The lowest BCUT2D eigenvalue weighted by Crippen LogP contribution is -2.30. The monoisotopic (exact) mass is 1160 g/mol. The van der Waals surface area contributed by atoms with Crippen molar-refractivity contribution in [2.45, 2.75) is 457 Å². The van der Waals surface area contributed by atoms with Gasteiger partial charge in [-0.05, 0) is 19.3 Å². The van der Waals surface area contributed by atoms with Crippen molar-refractivity contribution >= 4 is 17.9 Å². The first-order valence-electron chi connectivity index (χ1n) is 38.0. The van der Waals surface area contributed by atoms with Gasteiger partial charge in [-0.3, -0.25) is 14.4 Å². The smallest absolute Gasteiger partial charge is 0.306 e. The molecular weight excluding hydrogens is 1010 g/mol. The molecule has 0 aromatic rings. The highest BCUT2D eigenvalue weighted by molar-refractivity contribution is 5.71. The van der Waals surface area contributed by atoms with E-state index < -0.39 is 6.10 Å². The standard InChI is InChI=1S/C76H148O6/c1-4-7-10-13-16-19-22-24-26-28-30-32-33-34-35-36-37-38-39-40-41-42-43-45-46-48-50-52-54-57-60-63-66-69-75(78)81-72-73(71-80-74(77)68-65-62-59-56-21-18-15-12-9-6-3)82-76(79)70-67-64-61-58-55-53-51-49-47-44-31-29-27-25-23-20-17-14-11-8-5-2/h73H,4-72H2,1-3H3. The van der Waals surface area contributed by atoms with Gasteiger partial charge in [0.15, 0.2) is 6.10 Å². The van der Waals surface area contributed by atoms with Crippen LogP contribution in [0.5, 0.6) is 0 Å². The molecule has 0 rings (SSSR count). The molecule has 6 heteroatoms. The van der Waals surface area contributed by atoms with Crippen molar-refractivity contribution in [3.63, 3.8) is 0 Å². The minimum atomic E-state index is -0.763. The number of esters is 3. The summed E-state index contributed by atoms with van der Waals surface area (Å²) in [7, 11) is 0. The number of ether oxygens (including phenoxy) is 3. The van der Waals surface area contributed by atoms with Crippen LogP contribution in [0.1, 0.15) is 451 Å². The van der Waals surface area contributed by atoms with Gasteiger partial charge in [-0.25, -0.2) is 0 Å². The topological polar surface area (TPSA) is 78.9 Å². The number of hydrogen-bond donors (Lipinski definition) is 0. The maximum Gasteiger partial charge on any atom is 0.306 e. The second kappa shape index (κ2) is 71.9.